The summed E-state index contributed by atoms with van der Waals surface area (Å²) in [5, 5.41) is 0. The summed E-state index contributed by atoms with van der Waals surface area (Å²) < 4.78 is 24.2. The van der Waals surface area contributed by atoms with Crippen LogP contribution in [-0.4, -0.2) is 55.3 Å². The Balaban J connectivity index is 3.02. The molecule has 1 fully saturated rings. The normalized spacial score (nSPS) is 27.9. The van der Waals surface area contributed by atoms with Crippen molar-refractivity contribution in [3.8, 4) is 0 Å². The first kappa shape index (κ1) is 21.0. The highest BCUT2D eigenvalue weighted by molar-refractivity contribution is 6.70. The van der Waals surface area contributed by atoms with Crippen LogP contribution in [0.2, 0.25) is 58.9 Å². The smallest absolute Gasteiger partial charge is 0.337 e. The van der Waals surface area contributed by atoms with Gasteiger partial charge in [-0.15, -0.1) is 0 Å². The minimum Gasteiger partial charge on any atom is -0.455 e. The van der Waals surface area contributed by atoms with Crippen molar-refractivity contribution in [2.24, 2.45) is 0 Å². The van der Waals surface area contributed by atoms with Crippen molar-refractivity contribution >= 4 is 30.9 Å². The van der Waals surface area contributed by atoms with Gasteiger partial charge in [0.2, 0.25) is 0 Å². The van der Waals surface area contributed by atoms with Crippen molar-refractivity contribution < 1.29 is 22.8 Å². The largest absolute Gasteiger partial charge is 0.455 e. The van der Waals surface area contributed by atoms with Gasteiger partial charge in [0, 0.05) is 0 Å². The molecule has 1 unspecified atom stereocenters. The second-order valence-electron chi connectivity index (χ2n) is 9.18. The molecule has 0 saturated carbocycles. The first-order chi connectivity index (χ1) is 10.1. The zero-order valence-corrected chi connectivity index (χ0v) is 19.4. The van der Waals surface area contributed by atoms with Crippen molar-refractivity contribution in [1.29, 1.82) is 0 Å². The summed E-state index contributed by atoms with van der Waals surface area (Å²) in [7, 11) is -5.48. The van der Waals surface area contributed by atoms with Crippen LogP contribution in [0.1, 0.15) is 6.92 Å². The van der Waals surface area contributed by atoms with Crippen LogP contribution in [-0.2, 0) is 22.8 Å². The molecule has 1 heterocycles. The molecular weight excluding hydrogens is 344 g/mol. The van der Waals surface area contributed by atoms with Crippen molar-refractivity contribution in [2.75, 3.05) is 0 Å². The number of cyclic esters (lactones) is 1. The van der Waals surface area contributed by atoms with E-state index in [1.54, 1.807) is 0 Å². The first-order valence-electron chi connectivity index (χ1n) is 8.33. The highest BCUT2D eigenvalue weighted by atomic mass is 28.4. The summed E-state index contributed by atoms with van der Waals surface area (Å²) in [5.41, 5.74) is 0. The second-order valence-corrected chi connectivity index (χ2v) is 22.6. The monoisotopic (exact) mass is 378 g/mol. The lowest BCUT2D eigenvalue weighted by molar-refractivity contribution is -0.149. The van der Waals surface area contributed by atoms with Gasteiger partial charge in [0.1, 0.15) is 6.10 Å². The predicted molar refractivity (Wildman–Crippen MR) is 100 cm³/mol. The van der Waals surface area contributed by atoms with E-state index >= 15 is 0 Å². The molecular formula is C15H34O5Si3. The van der Waals surface area contributed by atoms with E-state index < -0.39 is 37.2 Å². The number of rotatable bonds is 7. The lowest BCUT2D eigenvalue weighted by Gasteiger charge is -2.34. The molecule has 1 aliphatic rings. The molecule has 0 aromatic carbocycles. The quantitative estimate of drug-likeness (QED) is 0.500. The third-order valence-electron chi connectivity index (χ3n) is 3.08. The zero-order valence-electron chi connectivity index (χ0n) is 16.4. The number of carbonyl (C=O) groups excluding carboxylic acids is 1. The third kappa shape index (κ3) is 7.18. The highest BCUT2D eigenvalue weighted by Crippen LogP contribution is 2.31. The molecule has 1 saturated heterocycles. The van der Waals surface area contributed by atoms with Gasteiger partial charge < -0.3 is 18.0 Å². The summed E-state index contributed by atoms with van der Waals surface area (Å²) in [6.07, 6.45) is -1.61. The van der Waals surface area contributed by atoms with Crippen LogP contribution in [0.25, 0.3) is 0 Å². The Kier molecular flexibility index (Phi) is 6.48. The summed E-state index contributed by atoms with van der Waals surface area (Å²) in [6.45, 7) is 20.9. The molecule has 0 spiro atoms. The fourth-order valence-corrected chi connectivity index (χ4v) is 5.91. The molecule has 8 heteroatoms. The molecule has 0 aromatic heterocycles. The number of hydrogen-bond acceptors (Lipinski definition) is 5. The van der Waals surface area contributed by atoms with E-state index in [9.17, 15) is 4.79 Å². The molecule has 4 atom stereocenters. The van der Waals surface area contributed by atoms with Gasteiger partial charge in [0.25, 0.3) is 0 Å². The number of esters is 1. The van der Waals surface area contributed by atoms with E-state index in [0.717, 1.165) is 0 Å². The van der Waals surface area contributed by atoms with E-state index in [0.29, 0.717) is 0 Å². The SMILES string of the molecule is CC(O[Si](C)(C)C)[C@H]1OC(=O)[C@H](O[Si](C)(C)C)[C@H]1O[Si](C)(C)C. The van der Waals surface area contributed by atoms with E-state index in [1.807, 2.05) is 6.92 Å². The standard InChI is InChI=1S/C15H34O5Si3/c1-11(18-21(2,3)4)12-13(19-22(5,6)7)14(15(16)17-12)20-23(8,9)10/h11-14H,1-10H3/t11?,12-,13+,14-/m1/s1. The fourth-order valence-electron chi connectivity index (χ4n) is 2.60. The van der Waals surface area contributed by atoms with Crippen LogP contribution in [0.3, 0.4) is 0 Å². The molecule has 0 radical (unpaired) electrons. The maximum atomic E-state index is 12.4. The molecule has 1 aliphatic heterocycles. The van der Waals surface area contributed by atoms with Crippen molar-refractivity contribution in [3.63, 3.8) is 0 Å². The molecule has 5 nitrogen and oxygen atoms in total. The van der Waals surface area contributed by atoms with Crippen LogP contribution in [0, 0.1) is 0 Å². The summed E-state index contributed by atoms with van der Waals surface area (Å²) in [5.74, 6) is -0.313. The van der Waals surface area contributed by atoms with E-state index in [1.165, 1.54) is 0 Å². The molecule has 0 N–H and O–H groups in total. The Hall–Kier alpha value is 0.000649. The number of carbonyl (C=O) groups is 1. The molecule has 0 aliphatic carbocycles. The zero-order chi connectivity index (χ0) is 18.2. The van der Waals surface area contributed by atoms with Gasteiger partial charge >= 0.3 is 5.97 Å². The predicted octanol–water partition coefficient (Wildman–Crippen LogP) is 3.59. The van der Waals surface area contributed by atoms with Gasteiger partial charge in [-0.2, -0.15) is 0 Å². The maximum Gasteiger partial charge on any atom is 0.337 e. The minimum absolute atomic E-state index is 0.192. The van der Waals surface area contributed by atoms with Crippen molar-refractivity contribution in [1.82, 2.24) is 0 Å². The first-order valence-corrected chi connectivity index (χ1v) is 18.6. The molecule has 23 heavy (non-hydrogen) atoms. The van der Waals surface area contributed by atoms with Crippen LogP contribution >= 0.6 is 0 Å². The fraction of sp³-hybridized carbons (Fsp3) is 0.933. The Morgan fingerprint density at radius 3 is 1.74 bits per heavy atom. The van der Waals surface area contributed by atoms with Crippen molar-refractivity contribution in [3.05, 3.63) is 0 Å². The average Bonchev–Trinajstić information content (AvgIpc) is 2.51. The lowest BCUT2D eigenvalue weighted by atomic mass is 10.1. The topological polar surface area (TPSA) is 54.0 Å². The minimum atomic E-state index is -1.89. The molecule has 136 valence electrons. The van der Waals surface area contributed by atoms with Gasteiger partial charge in [0.15, 0.2) is 37.2 Å². The average molecular weight is 379 g/mol. The highest BCUT2D eigenvalue weighted by Gasteiger charge is 2.52. The third-order valence-corrected chi connectivity index (χ3v) is 6.10. The van der Waals surface area contributed by atoms with E-state index in [-0.39, 0.29) is 18.2 Å². The van der Waals surface area contributed by atoms with Gasteiger partial charge in [0.05, 0.1) is 6.10 Å². The molecule has 1 rings (SSSR count). The number of ether oxygens (including phenoxy) is 1. The Labute approximate surface area is 144 Å². The summed E-state index contributed by atoms with van der Waals surface area (Å²) in [4.78, 5) is 12.4. The van der Waals surface area contributed by atoms with Gasteiger partial charge in [-0.3, -0.25) is 0 Å². The molecule has 0 aromatic rings. The Morgan fingerprint density at radius 1 is 0.870 bits per heavy atom. The Morgan fingerprint density at radius 2 is 1.35 bits per heavy atom. The lowest BCUT2D eigenvalue weighted by Crippen LogP contribution is -2.50. The van der Waals surface area contributed by atoms with E-state index in [4.69, 9.17) is 18.0 Å². The van der Waals surface area contributed by atoms with Crippen molar-refractivity contribution in [2.45, 2.75) is 90.3 Å². The maximum absolute atomic E-state index is 12.4. The van der Waals surface area contributed by atoms with Gasteiger partial charge in [-0.05, 0) is 65.8 Å². The second kappa shape index (κ2) is 7.09. The molecule has 0 bridgehead atoms. The summed E-state index contributed by atoms with van der Waals surface area (Å²) >= 11 is 0. The number of hydrogen-bond donors (Lipinski definition) is 0. The van der Waals surface area contributed by atoms with Crippen LogP contribution in [0.15, 0.2) is 0 Å². The summed E-state index contributed by atoms with van der Waals surface area (Å²) in [6, 6.07) is 0. The van der Waals surface area contributed by atoms with Crippen LogP contribution < -0.4 is 0 Å². The Bertz CT molecular complexity index is 422. The van der Waals surface area contributed by atoms with Gasteiger partial charge in [-0.25, -0.2) is 4.79 Å². The van der Waals surface area contributed by atoms with E-state index in [2.05, 4.69) is 58.9 Å². The van der Waals surface area contributed by atoms with Gasteiger partial charge in [-0.1, -0.05) is 0 Å². The molecule has 0 amide bonds. The van der Waals surface area contributed by atoms with Crippen LogP contribution in [0.4, 0.5) is 0 Å². The van der Waals surface area contributed by atoms with Crippen LogP contribution in [0.5, 0.6) is 0 Å².